The van der Waals surface area contributed by atoms with Crippen LogP contribution in [0.1, 0.15) is 5.56 Å². The normalized spacial score (nSPS) is 10.6. The van der Waals surface area contributed by atoms with Crippen LogP contribution in [0.2, 0.25) is 5.02 Å². The van der Waals surface area contributed by atoms with E-state index in [2.05, 4.69) is 0 Å². The molecule has 0 radical (unpaired) electrons. The summed E-state index contributed by atoms with van der Waals surface area (Å²) >= 11 is 7.12. The Bertz CT molecular complexity index is 575. The maximum Gasteiger partial charge on any atom is 0.162 e. The molecule has 0 saturated carbocycles. The first-order valence-electron chi connectivity index (χ1n) is 5.18. The maximum absolute atomic E-state index is 13.4. The summed E-state index contributed by atoms with van der Waals surface area (Å²) in [5.41, 5.74) is 6.63. The van der Waals surface area contributed by atoms with E-state index < -0.39 is 11.6 Å². The number of rotatable bonds is 3. The second-order valence-corrected chi connectivity index (χ2v) is 5.14. The molecule has 0 saturated heterocycles. The molecule has 0 aliphatic rings. The standard InChI is InChI=1S/C13H10ClF2NS/c14-9-4-5-12(11(17)6-9)18-7-8-2-1-3-10(15)13(8)16/h1-6H,7,17H2. The Hall–Kier alpha value is -1.26. The molecular formula is C13H10ClF2NS. The first-order valence-corrected chi connectivity index (χ1v) is 6.55. The van der Waals surface area contributed by atoms with Crippen LogP contribution in [0.4, 0.5) is 14.5 Å². The van der Waals surface area contributed by atoms with E-state index in [1.54, 1.807) is 24.3 Å². The Labute approximate surface area is 113 Å². The molecule has 0 unspecified atom stereocenters. The average molecular weight is 286 g/mol. The SMILES string of the molecule is Nc1cc(Cl)ccc1SCc1cccc(F)c1F. The zero-order chi connectivity index (χ0) is 13.1. The van der Waals surface area contributed by atoms with Gasteiger partial charge in [0.1, 0.15) is 0 Å². The van der Waals surface area contributed by atoms with Gasteiger partial charge in [-0.1, -0.05) is 23.7 Å². The van der Waals surface area contributed by atoms with E-state index in [0.717, 1.165) is 11.0 Å². The molecule has 0 aliphatic heterocycles. The fraction of sp³-hybridized carbons (Fsp3) is 0.0769. The molecule has 0 atom stereocenters. The number of hydrogen-bond donors (Lipinski definition) is 1. The molecule has 2 N–H and O–H groups in total. The molecule has 0 amide bonds. The lowest BCUT2D eigenvalue weighted by atomic mass is 10.2. The summed E-state index contributed by atoms with van der Waals surface area (Å²) in [6, 6.07) is 9.24. The quantitative estimate of drug-likeness (QED) is 0.664. The minimum Gasteiger partial charge on any atom is -0.398 e. The van der Waals surface area contributed by atoms with Crippen LogP contribution in [0.3, 0.4) is 0 Å². The molecule has 0 aromatic heterocycles. The lowest BCUT2D eigenvalue weighted by molar-refractivity contribution is 0.502. The zero-order valence-electron chi connectivity index (χ0n) is 9.29. The van der Waals surface area contributed by atoms with Crippen molar-refractivity contribution < 1.29 is 8.78 Å². The third-order valence-electron chi connectivity index (χ3n) is 2.39. The molecule has 94 valence electrons. The van der Waals surface area contributed by atoms with Crippen LogP contribution in [0.15, 0.2) is 41.3 Å². The highest BCUT2D eigenvalue weighted by Crippen LogP contribution is 2.30. The average Bonchev–Trinajstić information content (AvgIpc) is 2.33. The van der Waals surface area contributed by atoms with Crippen LogP contribution in [-0.2, 0) is 5.75 Å². The summed E-state index contributed by atoms with van der Waals surface area (Å²) in [6.45, 7) is 0. The monoisotopic (exact) mass is 285 g/mol. The molecule has 1 nitrogen and oxygen atoms in total. The van der Waals surface area contributed by atoms with Gasteiger partial charge < -0.3 is 5.73 Å². The Morgan fingerprint density at radius 1 is 1.17 bits per heavy atom. The van der Waals surface area contributed by atoms with Gasteiger partial charge in [-0.3, -0.25) is 0 Å². The van der Waals surface area contributed by atoms with E-state index in [4.69, 9.17) is 17.3 Å². The third-order valence-corrected chi connectivity index (χ3v) is 3.76. The number of anilines is 1. The minimum atomic E-state index is -0.836. The molecule has 0 aliphatic carbocycles. The van der Waals surface area contributed by atoms with Gasteiger partial charge in [0.2, 0.25) is 0 Å². The van der Waals surface area contributed by atoms with Gasteiger partial charge in [0.15, 0.2) is 11.6 Å². The fourth-order valence-electron chi connectivity index (χ4n) is 1.47. The van der Waals surface area contributed by atoms with Crippen LogP contribution in [0, 0.1) is 11.6 Å². The first-order chi connectivity index (χ1) is 8.58. The van der Waals surface area contributed by atoms with Crippen molar-refractivity contribution in [2.75, 3.05) is 5.73 Å². The second kappa shape index (κ2) is 5.59. The molecule has 0 fully saturated rings. The van der Waals surface area contributed by atoms with Crippen LogP contribution in [0.25, 0.3) is 0 Å². The van der Waals surface area contributed by atoms with E-state index in [9.17, 15) is 8.78 Å². The summed E-state index contributed by atoms with van der Waals surface area (Å²) < 4.78 is 26.4. The molecule has 5 heteroatoms. The number of hydrogen-bond acceptors (Lipinski definition) is 2. The lowest BCUT2D eigenvalue weighted by Crippen LogP contribution is -1.93. The highest BCUT2D eigenvalue weighted by Gasteiger charge is 2.08. The predicted octanol–water partition coefficient (Wildman–Crippen LogP) is 4.49. The topological polar surface area (TPSA) is 26.0 Å². The van der Waals surface area contributed by atoms with Gasteiger partial charge in [-0.05, 0) is 24.3 Å². The fourth-order valence-corrected chi connectivity index (χ4v) is 2.57. The van der Waals surface area contributed by atoms with Crippen LogP contribution in [0.5, 0.6) is 0 Å². The molecule has 18 heavy (non-hydrogen) atoms. The van der Waals surface area contributed by atoms with E-state index in [-0.39, 0.29) is 0 Å². The molecule has 0 bridgehead atoms. The number of thioether (sulfide) groups is 1. The van der Waals surface area contributed by atoms with Gasteiger partial charge in [-0.2, -0.15) is 0 Å². The number of nitrogens with two attached hydrogens (primary N) is 1. The number of halogens is 3. The molecule has 2 aromatic carbocycles. The van der Waals surface area contributed by atoms with Crippen LogP contribution in [-0.4, -0.2) is 0 Å². The van der Waals surface area contributed by atoms with Crippen molar-refractivity contribution in [1.29, 1.82) is 0 Å². The first kappa shape index (κ1) is 13.2. The maximum atomic E-state index is 13.4. The summed E-state index contributed by atoms with van der Waals surface area (Å²) in [6.07, 6.45) is 0. The van der Waals surface area contributed by atoms with E-state index in [1.165, 1.54) is 17.8 Å². The van der Waals surface area contributed by atoms with Gasteiger partial charge in [0.25, 0.3) is 0 Å². The van der Waals surface area contributed by atoms with Gasteiger partial charge >= 0.3 is 0 Å². The molecular weight excluding hydrogens is 276 g/mol. The van der Waals surface area contributed by atoms with Crippen molar-refractivity contribution in [2.45, 2.75) is 10.6 Å². The van der Waals surface area contributed by atoms with Gasteiger partial charge in [0.05, 0.1) is 0 Å². The Morgan fingerprint density at radius 2 is 1.94 bits per heavy atom. The van der Waals surface area contributed by atoms with Crippen molar-refractivity contribution in [2.24, 2.45) is 0 Å². The van der Waals surface area contributed by atoms with E-state index in [1.807, 2.05) is 0 Å². The smallest absolute Gasteiger partial charge is 0.162 e. The molecule has 2 aromatic rings. The zero-order valence-corrected chi connectivity index (χ0v) is 10.9. The number of benzene rings is 2. The van der Waals surface area contributed by atoms with E-state index >= 15 is 0 Å². The van der Waals surface area contributed by atoms with E-state index in [0.29, 0.717) is 22.0 Å². The minimum absolute atomic E-state index is 0.314. The third kappa shape index (κ3) is 2.94. The van der Waals surface area contributed by atoms with Crippen molar-refractivity contribution in [3.05, 3.63) is 58.6 Å². The van der Waals surface area contributed by atoms with Gasteiger partial charge in [-0.25, -0.2) is 8.78 Å². The predicted molar refractivity (Wildman–Crippen MR) is 71.8 cm³/mol. The summed E-state index contributed by atoms with van der Waals surface area (Å²) in [4.78, 5) is 0.795. The Kier molecular flexibility index (Phi) is 4.09. The van der Waals surface area contributed by atoms with Gasteiger partial charge in [0, 0.05) is 26.9 Å². The van der Waals surface area contributed by atoms with Crippen molar-refractivity contribution in [3.8, 4) is 0 Å². The summed E-state index contributed by atoms with van der Waals surface area (Å²) in [7, 11) is 0. The van der Waals surface area contributed by atoms with Gasteiger partial charge in [-0.15, -0.1) is 11.8 Å². The lowest BCUT2D eigenvalue weighted by Gasteiger charge is -2.07. The highest BCUT2D eigenvalue weighted by atomic mass is 35.5. The Morgan fingerprint density at radius 3 is 2.67 bits per heavy atom. The van der Waals surface area contributed by atoms with Crippen molar-refractivity contribution >= 4 is 29.1 Å². The summed E-state index contributed by atoms with van der Waals surface area (Å²) in [5, 5.41) is 0.550. The Balaban J connectivity index is 2.14. The molecule has 0 spiro atoms. The number of nitrogen functional groups attached to an aromatic ring is 1. The van der Waals surface area contributed by atoms with Crippen LogP contribution < -0.4 is 5.73 Å². The van der Waals surface area contributed by atoms with Crippen molar-refractivity contribution in [1.82, 2.24) is 0 Å². The van der Waals surface area contributed by atoms with Crippen molar-refractivity contribution in [3.63, 3.8) is 0 Å². The second-order valence-electron chi connectivity index (χ2n) is 3.68. The highest BCUT2D eigenvalue weighted by molar-refractivity contribution is 7.98. The van der Waals surface area contributed by atoms with Crippen LogP contribution >= 0.6 is 23.4 Å². The largest absolute Gasteiger partial charge is 0.398 e. The molecule has 0 heterocycles. The molecule has 2 rings (SSSR count). The summed E-state index contributed by atoms with van der Waals surface area (Å²) in [5.74, 6) is -1.33.